The van der Waals surface area contributed by atoms with Crippen LogP contribution in [0.5, 0.6) is 0 Å². The number of amides is 1. The Labute approximate surface area is 121 Å². The van der Waals surface area contributed by atoms with Crippen molar-refractivity contribution >= 4 is 5.91 Å². The first-order valence-electron chi connectivity index (χ1n) is 7.49. The Morgan fingerprint density at radius 3 is 2.65 bits per heavy atom. The highest BCUT2D eigenvalue weighted by molar-refractivity contribution is 5.76. The highest BCUT2D eigenvalue weighted by Gasteiger charge is 2.22. The van der Waals surface area contributed by atoms with Crippen molar-refractivity contribution in [3.8, 4) is 0 Å². The lowest BCUT2D eigenvalue weighted by molar-refractivity contribution is -0.130. The number of carbonyl (C=O) groups is 1. The minimum absolute atomic E-state index is 0.196. The van der Waals surface area contributed by atoms with Crippen molar-refractivity contribution in [1.29, 1.82) is 0 Å². The van der Waals surface area contributed by atoms with Crippen molar-refractivity contribution in [2.45, 2.75) is 25.8 Å². The number of rotatable bonds is 4. The number of carbonyl (C=O) groups excluding carboxylic acids is 1. The molecule has 1 aromatic carbocycles. The predicted molar refractivity (Wildman–Crippen MR) is 81.3 cm³/mol. The van der Waals surface area contributed by atoms with E-state index in [1.54, 1.807) is 0 Å². The van der Waals surface area contributed by atoms with Crippen molar-refractivity contribution in [2.24, 2.45) is 5.73 Å². The van der Waals surface area contributed by atoms with Crippen LogP contribution in [-0.4, -0.2) is 48.4 Å². The third-order valence-corrected chi connectivity index (χ3v) is 4.07. The molecule has 1 fully saturated rings. The zero-order chi connectivity index (χ0) is 14.4. The van der Waals surface area contributed by atoms with Crippen LogP contribution in [0.1, 0.15) is 31.4 Å². The molecule has 0 aromatic heterocycles. The van der Waals surface area contributed by atoms with E-state index >= 15 is 0 Å². The van der Waals surface area contributed by atoms with E-state index in [-0.39, 0.29) is 5.91 Å². The Balaban J connectivity index is 1.94. The van der Waals surface area contributed by atoms with Gasteiger partial charge in [0, 0.05) is 45.2 Å². The second-order valence-electron chi connectivity index (χ2n) is 5.40. The van der Waals surface area contributed by atoms with Gasteiger partial charge in [0.2, 0.25) is 5.91 Å². The standard InChI is InChI=1S/C16H25N3O/c1-14(15-6-3-2-4-7-15)18-10-5-11-19(13-12-18)16(20)8-9-17/h2-4,6-7,14H,5,8-13,17H2,1H3. The van der Waals surface area contributed by atoms with Crippen LogP contribution in [0.2, 0.25) is 0 Å². The van der Waals surface area contributed by atoms with Crippen LogP contribution >= 0.6 is 0 Å². The number of nitrogens with two attached hydrogens (primary N) is 1. The Morgan fingerprint density at radius 1 is 1.20 bits per heavy atom. The van der Waals surface area contributed by atoms with Crippen LogP contribution in [0, 0.1) is 0 Å². The average Bonchev–Trinajstić information content (AvgIpc) is 2.73. The molecule has 110 valence electrons. The van der Waals surface area contributed by atoms with Crippen molar-refractivity contribution in [2.75, 3.05) is 32.7 Å². The Kier molecular flexibility index (Phi) is 5.56. The maximum Gasteiger partial charge on any atom is 0.223 e. The fraction of sp³-hybridized carbons (Fsp3) is 0.562. The second kappa shape index (κ2) is 7.41. The quantitative estimate of drug-likeness (QED) is 0.908. The van der Waals surface area contributed by atoms with Gasteiger partial charge in [0.25, 0.3) is 0 Å². The molecule has 1 atom stereocenters. The summed E-state index contributed by atoms with van der Waals surface area (Å²) in [6, 6.07) is 11.0. The molecule has 1 amide bonds. The number of hydrogen-bond donors (Lipinski definition) is 1. The van der Waals surface area contributed by atoms with Gasteiger partial charge in [0.15, 0.2) is 0 Å². The molecule has 0 spiro atoms. The normalized spacial score (nSPS) is 18.6. The zero-order valence-electron chi connectivity index (χ0n) is 12.3. The summed E-state index contributed by atoms with van der Waals surface area (Å²) in [4.78, 5) is 16.4. The lowest BCUT2D eigenvalue weighted by Gasteiger charge is -2.28. The Bertz CT molecular complexity index is 421. The van der Waals surface area contributed by atoms with E-state index in [0.29, 0.717) is 19.0 Å². The van der Waals surface area contributed by atoms with Gasteiger partial charge in [-0.1, -0.05) is 30.3 Å². The molecule has 2 rings (SSSR count). The van der Waals surface area contributed by atoms with E-state index in [9.17, 15) is 4.79 Å². The van der Waals surface area contributed by atoms with Gasteiger partial charge in [0.1, 0.15) is 0 Å². The van der Waals surface area contributed by atoms with Gasteiger partial charge in [-0.15, -0.1) is 0 Å². The number of hydrogen-bond acceptors (Lipinski definition) is 3. The molecule has 1 aliphatic rings. The van der Waals surface area contributed by atoms with E-state index in [1.165, 1.54) is 5.56 Å². The second-order valence-corrected chi connectivity index (χ2v) is 5.40. The van der Waals surface area contributed by atoms with Gasteiger partial charge in [-0.05, 0) is 18.9 Å². The van der Waals surface area contributed by atoms with E-state index in [0.717, 1.165) is 32.6 Å². The van der Waals surface area contributed by atoms with Crippen LogP contribution in [0.25, 0.3) is 0 Å². The highest BCUT2D eigenvalue weighted by Crippen LogP contribution is 2.21. The third kappa shape index (κ3) is 3.81. The summed E-state index contributed by atoms with van der Waals surface area (Å²) >= 11 is 0. The topological polar surface area (TPSA) is 49.6 Å². The van der Waals surface area contributed by atoms with Crippen molar-refractivity contribution in [1.82, 2.24) is 9.80 Å². The Hall–Kier alpha value is -1.39. The van der Waals surface area contributed by atoms with Crippen molar-refractivity contribution in [3.63, 3.8) is 0 Å². The van der Waals surface area contributed by atoms with E-state index in [1.807, 2.05) is 11.0 Å². The maximum absolute atomic E-state index is 11.9. The molecule has 1 aromatic rings. The summed E-state index contributed by atoms with van der Waals surface area (Å²) < 4.78 is 0. The average molecular weight is 275 g/mol. The minimum Gasteiger partial charge on any atom is -0.341 e. The lowest BCUT2D eigenvalue weighted by atomic mass is 10.1. The number of nitrogens with zero attached hydrogens (tertiary/aromatic N) is 2. The predicted octanol–water partition coefficient (Wildman–Crippen LogP) is 1.63. The first-order valence-corrected chi connectivity index (χ1v) is 7.49. The molecule has 1 heterocycles. The largest absolute Gasteiger partial charge is 0.341 e. The first-order chi connectivity index (χ1) is 9.72. The van der Waals surface area contributed by atoms with Gasteiger partial charge in [-0.25, -0.2) is 0 Å². The fourth-order valence-electron chi connectivity index (χ4n) is 2.80. The Morgan fingerprint density at radius 2 is 1.95 bits per heavy atom. The van der Waals surface area contributed by atoms with E-state index in [4.69, 9.17) is 5.73 Å². The summed E-state index contributed by atoms with van der Waals surface area (Å²) in [5.41, 5.74) is 6.81. The minimum atomic E-state index is 0.196. The monoisotopic (exact) mass is 275 g/mol. The number of benzene rings is 1. The third-order valence-electron chi connectivity index (χ3n) is 4.07. The van der Waals surface area contributed by atoms with Crippen molar-refractivity contribution < 1.29 is 4.79 Å². The summed E-state index contributed by atoms with van der Waals surface area (Å²) in [7, 11) is 0. The van der Waals surface area contributed by atoms with E-state index < -0.39 is 0 Å². The zero-order valence-corrected chi connectivity index (χ0v) is 12.3. The van der Waals surface area contributed by atoms with Gasteiger partial charge < -0.3 is 10.6 Å². The van der Waals surface area contributed by atoms with Crippen LogP contribution in [-0.2, 0) is 4.79 Å². The molecule has 1 aliphatic heterocycles. The SMILES string of the molecule is CC(c1ccccc1)N1CCCN(C(=O)CCN)CC1. The molecule has 1 unspecified atom stereocenters. The first kappa shape index (κ1) is 15.0. The molecule has 1 saturated heterocycles. The molecular weight excluding hydrogens is 250 g/mol. The molecule has 0 radical (unpaired) electrons. The lowest BCUT2D eigenvalue weighted by Crippen LogP contribution is -2.36. The molecule has 0 aliphatic carbocycles. The van der Waals surface area contributed by atoms with Gasteiger partial charge in [-0.2, -0.15) is 0 Å². The molecule has 20 heavy (non-hydrogen) atoms. The molecule has 4 heteroatoms. The summed E-state index contributed by atoms with van der Waals surface area (Å²) in [5.74, 6) is 0.196. The molecule has 0 saturated carbocycles. The molecule has 0 bridgehead atoms. The summed E-state index contributed by atoms with van der Waals surface area (Å²) in [5, 5.41) is 0. The van der Waals surface area contributed by atoms with Gasteiger partial charge in [0.05, 0.1) is 0 Å². The molecule has 4 nitrogen and oxygen atoms in total. The summed E-state index contributed by atoms with van der Waals surface area (Å²) in [6.45, 7) is 6.34. The van der Waals surface area contributed by atoms with Crippen molar-refractivity contribution in [3.05, 3.63) is 35.9 Å². The van der Waals surface area contributed by atoms with Gasteiger partial charge >= 0.3 is 0 Å². The van der Waals surface area contributed by atoms with Crippen LogP contribution in [0.4, 0.5) is 0 Å². The fourth-order valence-corrected chi connectivity index (χ4v) is 2.80. The molecular formula is C16H25N3O. The summed E-state index contributed by atoms with van der Waals surface area (Å²) in [6.07, 6.45) is 1.50. The van der Waals surface area contributed by atoms with E-state index in [2.05, 4.69) is 36.1 Å². The maximum atomic E-state index is 11.9. The van der Waals surface area contributed by atoms with Crippen LogP contribution in [0.15, 0.2) is 30.3 Å². The van der Waals surface area contributed by atoms with Crippen LogP contribution < -0.4 is 5.73 Å². The highest BCUT2D eigenvalue weighted by atomic mass is 16.2. The van der Waals surface area contributed by atoms with Crippen LogP contribution in [0.3, 0.4) is 0 Å². The molecule has 2 N–H and O–H groups in total. The van der Waals surface area contributed by atoms with Gasteiger partial charge in [-0.3, -0.25) is 9.69 Å². The smallest absolute Gasteiger partial charge is 0.223 e.